The molecule has 0 radical (unpaired) electrons. The minimum absolute atomic E-state index is 0.210. The molecule has 0 aromatic heterocycles. The third-order valence-electron chi connectivity index (χ3n) is 3.49. The molecule has 0 aliphatic heterocycles. The van der Waals surface area contributed by atoms with E-state index in [1.54, 1.807) is 37.5 Å². The lowest BCUT2D eigenvalue weighted by Crippen LogP contribution is -2.42. The number of carbonyl (C=O) groups is 2. The predicted octanol–water partition coefficient (Wildman–Crippen LogP) is 1.53. The van der Waals surface area contributed by atoms with Gasteiger partial charge in [0.25, 0.3) is 0 Å². The van der Waals surface area contributed by atoms with Gasteiger partial charge in [-0.3, -0.25) is 4.79 Å². The van der Waals surface area contributed by atoms with Crippen LogP contribution >= 0.6 is 11.6 Å². The molecule has 2 rings (SSSR count). The van der Waals surface area contributed by atoms with Crippen LogP contribution in [0, 0.1) is 11.8 Å². The van der Waals surface area contributed by atoms with Gasteiger partial charge in [-0.05, 0) is 37.1 Å². The molecule has 21 heavy (non-hydrogen) atoms. The molecule has 1 amide bonds. The number of aliphatic carboxylic acids is 1. The lowest BCUT2D eigenvalue weighted by Gasteiger charge is -2.29. The Morgan fingerprint density at radius 3 is 2.52 bits per heavy atom. The highest BCUT2D eigenvalue weighted by atomic mass is 35.5. The molecule has 0 heterocycles. The van der Waals surface area contributed by atoms with E-state index in [-0.39, 0.29) is 18.7 Å². The van der Waals surface area contributed by atoms with Crippen LogP contribution in [0.3, 0.4) is 0 Å². The Morgan fingerprint density at radius 1 is 1.29 bits per heavy atom. The molecule has 112 valence electrons. The fourth-order valence-corrected chi connectivity index (χ4v) is 2.56. The number of hydrogen-bond acceptors (Lipinski definition) is 4. The number of nitrogens with one attached hydrogen (secondary N) is 1. The minimum Gasteiger partial charge on any atom is -0.550 e. The molecule has 0 fully saturated rings. The first kappa shape index (κ1) is 15.4. The molecule has 0 unspecified atom stereocenters. The number of amides is 1. The molecular formula is C15H15ClNO4-. The van der Waals surface area contributed by atoms with Gasteiger partial charge in [-0.2, -0.15) is 0 Å². The molecule has 1 aromatic rings. The summed E-state index contributed by atoms with van der Waals surface area (Å²) in [4.78, 5) is 23.4. The van der Waals surface area contributed by atoms with Gasteiger partial charge in [-0.15, -0.1) is 0 Å². The van der Waals surface area contributed by atoms with Crippen molar-refractivity contribution in [1.29, 1.82) is 0 Å². The topological polar surface area (TPSA) is 78.5 Å². The first-order valence-electron chi connectivity index (χ1n) is 6.51. The van der Waals surface area contributed by atoms with Crippen molar-refractivity contribution in [1.82, 2.24) is 0 Å². The zero-order valence-corrected chi connectivity index (χ0v) is 12.2. The normalized spacial score (nSPS) is 21.3. The van der Waals surface area contributed by atoms with E-state index in [0.717, 1.165) is 0 Å². The molecule has 1 aliphatic carbocycles. The average Bonchev–Trinajstić information content (AvgIpc) is 2.47. The van der Waals surface area contributed by atoms with Crippen molar-refractivity contribution in [2.45, 2.75) is 12.8 Å². The second-order valence-electron chi connectivity index (χ2n) is 4.84. The summed E-state index contributed by atoms with van der Waals surface area (Å²) in [6.07, 6.45) is 2.04. The molecule has 5 nitrogen and oxygen atoms in total. The number of halogens is 1. The summed E-state index contributed by atoms with van der Waals surface area (Å²) >= 11 is 5.92. The Bertz CT molecular complexity index is 568. The summed E-state index contributed by atoms with van der Waals surface area (Å²) in [5.41, 5.74) is 0.573. The number of hydrogen-bond donors (Lipinski definition) is 1. The van der Waals surface area contributed by atoms with Crippen molar-refractivity contribution in [3.05, 3.63) is 35.4 Å². The Kier molecular flexibility index (Phi) is 4.85. The van der Waals surface area contributed by atoms with E-state index in [0.29, 0.717) is 16.5 Å². The average molecular weight is 309 g/mol. The van der Waals surface area contributed by atoms with E-state index in [1.807, 2.05) is 0 Å². The number of methoxy groups -OCH3 is 1. The van der Waals surface area contributed by atoms with E-state index >= 15 is 0 Å². The van der Waals surface area contributed by atoms with E-state index in [1.165, 1.54) is 0 Å². The minimum atomic E-state index is -1.23. The van der Waals surface area contributed by atoms with Crippen LogP contribution in [-0.2, 0) is 9.59 Å². The third kappa shape index (κ3) is 3.76. The quantitative estimate of drug-likeness (QED) is 0.915. The summed E-state index contributed by atoms with van der Waals surface area (Å²) in [5.74, 6) is -2.52. The van der Waals surface area contributed by atoms with Gasteiger partial charge in [-0.1, -0.05) is 17.7 Å². The number of allylic oxidation sites excluding steroid dienone is 2. The van der Waals surface area contributed by atoms with Crippen molar-refractivity contribution >= 4 is 29.2 Å². The SMILES string of the molecule is COc1ccc(NC(=O)[C@H]2CC(Cl)=CC[C@H]2C(=O)[O-])cc1. The van der Waals surface area contributed by atoms with Crippen LogP contribution in [0.1, 0.15) is 12.8 Å². The van der Waals surface area contributed by atoms with Gasteiger partial charge < -0.3 is 20.0 Å². The zero-order chi connectivity index (χ0) is 15.4. The van der Waals surface area contributed by atoms with Gasteiger partial charge in [0.05, 0.1) is 13.0 Å². The smallest absolute Gasteiger partial charge is 0.228 e. The molecule has 1 N–H and O–H groups in total. The second-order valence-corrected chi connectivity index (χ2v) is 5.33. The number of benzene rings is 1. The Hall–Kier alpha value is -2.01. The number of carboxylic acid groups (broad SMARTS) is 1. The van der Waals surface area contributed by atoms with Crippen molar-refractivity contribution in [3.63, 3.8) is 0 Å². The van der Waals surface area contributed by atoms with Crippen molar-refractivity contribution in [3.8, 4) is 5.75 Å². The van der Waals surface area contributed by atoms with Gasteiger partial charge in [0.2, 0.25) is 5.91 Å². The van der Waals surface area contributed by atoms with E-state index < -0.39 is 17.8 Å². The molecule has 1 aliphatic rings. The Labute approximate surface area is 127 Å². The van der Waals surface area contributed by atoms with Gasteiger partial charge in [0.1, 0.15) is 5.75 Å². The molecule has 0 saturated carbocycles. The monoisotopic (exact) mass is 308 g/mol. The van der Waals surface area contributed by atoms with Gasteiger partial charge in [0, 0.05) is 22.6 Å². The predicted molar refractivity (Wildman–Crippen MR) is 76.8 cm³/mol. The molecule has 1 aromatic carbocycles. The fourth-order valence-electron chi connectivity index (χ4n) is 2.30. The number of rotatable bonds is 4. The lowest BCUT2D eigenvalue weighted by molar-refractivity contribution is -0.313. The molecule has 0 bridgehead atoms. The van der Waals surface area contributed by atoms with Crippen molar-refractivity contribution in [2.75, 3.05) is 12.4 Å². The first-order chi connectivity index (χ1) is 10.0. The largest absolute Gasteiger partial charge is 0.550 e. The fraction of sp³-hybridized carbons (Fsp3) is 0.333. The number of carboxylic acids is 1. The number of anilines is 1. The highest BCUT2D eigenvalue weighted by Gasteiger charge is 2.32. The Balaban J connectivity index is 2.10. The second kappa shape index (κ2) is 6.63. The van der Waals surface area contributed by atoms with E-state index in [9.17, 15) is 14.7 Å². The lowest BCUT2D eigenvalue weighted by atomic mass is 9.82. The third-order valence-corrected chi connectivity index (χ3v) is 3.80. The van der Waals surface area contributed by atoms with Gasteiger partial charge in [-0.25, -0.2) is 0 Å². The van der Waals surface area contributed by atoms with Crippen LogP contribution in [-0.4, -0.2) is 19.0 Å². The number of ether oxygens (including phenoxy) is 1. The summed E-state index contributed by atoms with van der Waals surface area (Å²) in [6, 6.07) is 6.79. The van der Waals surface area contributed by atoms with Crippen LogP contribution in [0.15, 0.2) is 35.4 Å². The van der Waals surface area contributed by atoms with Crippen LogP contribution in [0.4, 0.5) is 5.69 Å². The summed E-state index contributed by atoms with van der Waals surface area (Å²) in [5, 5.41) is 14.3. The standard InChI is InChI=1S/C15H16ClNO4/c1-21-11-5-3-10(4-6-11)17-14(18)13-8-9(16)2-7-12(13)15(19)20/h2-6,12-13H,7-8H2,1H3,(H,17,18)(H,19,20)/p-1/t12-,13+/m1/s1. The molecule has 0 spiro atoms. The maximum absolute atomic E-state index is 12.3. The molecule has 0 saturated heterocycles. The highest BCUT2D eigenvalue weighted by Crippen LogP contribution is 2.32. The van der Waals surface area contributed by atoms with Crippen LogP contribution in [0.25, 0.3) is 0 Å². The van der Waals surface area contributed by atoms with Gasteiger partial charge >= 0.3 is 0 Å². The zero-order valence-electron chi connectivity index (χ0n) is 11.5. The van der Waals surface area contributed by atoms with Gasteiger partial charge in [0.15, 0.2) is 0 Å². The summed E-state index contributed by atoms with van der Waals surface area (Å²) < 4.78 is 5.03. The molecule has 6 heteroatoms. The van der Waals surface area contributed by atoms with Crippen LogP contribution in [0.2, 0.25) is 0 Å². The van der Waals surface area contributed by atoms with Crippen molar-refractivity contribution in [2.24, 2.45) is 11.8 Å². The molecule has 2 atom stereocenters. The molecular weight excluding hydrogens is 294 g/mol. The number of carbonyl (C=O) groups excluding carboxylic acids is 2. The Morgan fingerprint density at radius 2 is 1.95 bits per heavy atom. The van der Waals surface area contributed by atoms with Crippen molar-refractivity contribution < 1.29 is 19.4 Å². The maximum atomic E-state index is 12.3. The summed E-state index contributed by atoms with van der Waals surface area (Å²) in [7, 11) is 1.55. The van der Waals surface area contributed by atoms with Crippen LogP contribution in [0.5, 0.6) is 5.75 Å². The highest BCUT2D eigenvalue weighted by molar-refractivity contribution is 6.29. The maximum Gasteiger partial charge on any atom is 0.228 e. The van der Waals surface area contributed by atoms with Crippen LogP contribution < -0.4 is 15.2 Å². The first-order valence-corrected chi connectivity index (χ1v) is 6.89. The van der Waals surface area contributed by atoms with E-state index in [4.69, 9.17) is 16.3 Å². The summed E-state index contributed by atoms with van der Waals surface area (Å²) in [6.45, 7) is 0. The van der Waals surface area contributed by atoms with E-state index in [2.05, 4.69) is 5.32 Å².